The van der Waals surface area contributed by atoms with Crippen molar-refractivity contribution in [3.63, 3.8) is 0 Å². The molecule has 0 aromatic carbocycles. The fourth-order valence-electron chi connectivity index (χ4n) is 2.27. The van der Waals surface area contributed by atoms with Gasteiger partial charge in [-0.05, 0) is 44.0 Å². The lowest BCUT2D eigenvalue weighted by Gasteiger charge is -2.22. The Kier molecular flexibility index (Phi) is 6.47. The molecular formula is C15H23N3O2. The van der Waals surface area contributed by atoms with Crippen molar-refractivity contribution in [1.82, 2.24) is 15.6 Å². The Morgan fingerprint density at radius 2 is 2.30 bits per heavy atom. The highest BCUT2D eigenvalue weighted by Gasteiger charge is 2.12. The number of nitrogens with zero attached hydrogens (tertiary/aromatic N) is 1. The minimum atomic E-state index is 0.0720. The highest BCUT2D eigenvalue weighted by atomic mass is 16.5. The molecule has 0 saturated carbocycles. The van der Waals surface area contributed by atoms with Crippen molar-refractivity contribution in [3.8, 4) is 0 Å². The summed E-state index contributed by atoms with van der Waals surface area (Å²) in [5.74, 6) is 0.0720. The van der Waals surface area contributed by atoms with Gasteiger partial charge in [0.25, 0.3) is 0 Å². The number of carbonyl (C=O) groups excluding carboxylic acids is 1. The molecule has 0 atom stereocenters. The van der Waals surface area contributed by atoms with Crippen molar-refractivity contribution in [1.29, 1.82) is 0 Å². The summed E-state index contributed by atoms with van der Waals surface area (Å²) in [4.78, 5) is 15.7. The van der Waals surface area contributed by atoms with Crippen LogP contribution in [0.15, 0.2) is 24.5 Å². The maximum absolute atomic E-state index is 11.7. The Balaban J connectivity index is 1.51. The van der Waals surface area contributed by atoms with Gasteiger partial charge in [-0.1, -0.05) is 6.07 Å². The van der Waals surface area contributed by atoms with Crippen molar-refractivity contribution >= 4 is 5.91 Å². The molecule has 2 rings (SSSR count). The van der Waals surface area contributed by atoms with Crippen LogP contribution < -0.4 is 10.6 Å². The number of ether oxygens (including phenoxy) is 1. The van der Waals surface area contributed by atoms with Crippen LogP contribution in [-0.2, 0) is 16.0 Å². The summed E-state index contributed by atoms with van der Waals surface area (Å²) in [6.45, 7) is 3.25. The lowest BCUT2D eigenvalue weighted by atomic mass is 10.1. The van der Waals surface area contributed by atoms with Gasteiger partial charge in [0.05, 0.1) is 12.7 Å². The smallest absolute Gasteiger partial charge is 0.220 e. The Labute approximate surface area is 120 Å². The number of aryl methyl sites for hydroxylation is 1. The normalized spacial score (nSPS) is 16.0. The van der Waals surface area contributed by atoms with E-state index in [1.807, 2.05) is 12.1 Å². The monoisotopic (exact) mass is 277 g/mol. The first-order valence-electron chi connectivity index (χ1n) is 7.32. The van der Waals surface area contributed by atoms with Gasteiger partial charge in [0.2, 0.25) is 5.91 Å². The zero-order valence-corrected chi connectivity index (χ0v) is 11.8. The second-order valence-corrected chi connectivity index (χ2v) is 5.03. The van der Waals surface area contributed by atoms with E-state index in [2.05, 4.69) is 15.6 Å². The van der Waals surface area contributed by atoms with Crippen molar-refractivity contribution in [2.45, 2.75) is 31.8 Å². The molecule has 20 heavy (non-hydrogen) atoms. The lowest BCUT2D eigenvalue weighted by molar-refractivity contribution is -0.121. The van der Waals surface area contributed by atoms with E-state index in [1.165, 1.54) is 0 Å². The van der Waals surface area contributed by atoms with Gasteiger partial charge < -0.3 is 15.4 Å². The van der Waals surface area contributed by atoms with E-state index in [-0.39, 0.29) is 5.91 Å². The third kappa shape index (κ3) is 5.67. The summed E-state index contributed by atoms with van der Waals surface area (Å²) in [5.41, 5.74) is 1.09. The number of nitrogens with one attached hydrogen (secondary N) is 2. The fourth-order valence-corrected chi connectivity index (χ4v) is 2.27. The number of amides is 1. The maximum Gasteiger partial charge on any atom is 0.220 e. The number of pyridine rings is 1. The third-order valence-corrected chi connectivity index (χ3v) is 3.43. The molecule has 1 fully saturated rings. The van der Waals surface area contributed by atoms with Gasteiger partial charge in [-0.3, -0.25) is 9.78 Å². The number of hydrogen-bond acceptors (Lipinski definition) is 4. The predicted octanol–water partition coefficient (Wildman–Crippen LogP) is 0.899. The largest absolute Gasteiger partial charge is 0.376 e. The van der Waals surface area contributed by atoms with Crippen LogP contribution in [-0.4, -0.2) is 43.2 Å². The molecule has 1 saturated heterocycles. The van der Waals surface area contributed by atoms with E-state index < -0.39 is 0 Å². The van der Waals surface area contributed by atoms with E-state index >= 15 is 0 Å². The number of piperidine rings is 1. The van der Waals surface area contributed by atoms with Gasteiger partial charge in [0.15, 0.2) is 0 Å². The van der Waals surface area contributed by atoms with E-state index in [0.717, 1.165) is 37.9 Å². The molecule has 110 valence electrons. The minimum absolute atomic E-state index is 0.0720. The van der Waals surface area contributed by atoms with Gasteiger partial charge in [0.1, 0.15) is 0 Å². The first kappa shape index (κ1) is 14.9. The first-order valence-corrected chi connectivity index (χ1v) is 7.32. The molecule has 1 aliphatic rings. The van der Waals surface area contributed by atoms with Gasteiger partial charge in [-0.25, -0.2) is 0 Å². The average molecular weight is 277 g/mol. The molecule has 1 aromatic rings. The van der Waals surface area contributed by atoms with Crippen molar-refractivity contribution < 1.29 is 9.53 Å². The molecule has 1 aromatic heterocycles. The highest BCUT2D eigenvalue weighted by Crippen LogP contribution is 2.06. The molecule has 0 spiro atoms. The zero-order valence-electron chi connectivity index (χ0n) is 11.8. The van der Waals surface area contributed by atoms with Crippen molar-refractivity contribution in [3.05, 3.63) is 30.1 Å². The molecule has 5 nitrogen and oxygen atoms in total. The van der Waals surface area contributed by atoms with Crippen LogP contribution in [0.2, 0.25) is 0 Å². The van der Waals surface area contributed by atoms with Crippen LogP contribution in [0.4, 0.5) is 0 Å². The maximum atomic E-state index is 11.7. The van der Waals surface area contributed by atoms with Crippen LogP contribution in [0.3, 0.4) is 0 Å². The Morgan fingerprint density at radius 3 is 3.05 bits per heavy atom. The zero-order chi connectivity index (χ0) is 14.0. The highest BCUT2D eigenvalue weighted by molar-refractivity contribution is 5.76. The quantitative estimate of drug-likeness (QED) is 0.727. The van der Waals surface area contributed by atoms with Crippen LogP contribution in [0.5, 0.6) is 0 Å². The fraction of sp³-hybridized carbons (Fsp3) is 0.600. The molecule has 1 aliphatic heterocycles. The van der Waals surface area contributed by atoms with Crippen LogP contribution in [0.25, 0.3) is 0 Å². The summed E-state index contributed by atoms with van der Waals surface area (Å²) in [6, 6.07) is 3.88. The second kappa shape index (κ2) is 8.66. The molecule has 0 unspecified atom stereocenters. The summed E-state index contributed by atoms with van der Waals surface area (Å²) in [6.07, 6.45) is 7.25. The number of carbonyl (C=O) groups is 1. The summed E-state index contributed by atoms with van der Waals surface area (Å²) >= 11 is 0. The standard InChI is InChI=1S/C15H23N3O2/c19-15(4-3-13-2-1-7-17-12-13)18-10-11-20-14-5-8-16-9-6-14/h1-2,7,12,14,16H,3-6,8-11H2,(H,18,19). The Bertz CT molecular complexity index is 391. The van der Waals surface area contributed by atoms with Gasteiger partial charge in [-0.15, -0.1) is 0 Å². The van der Waals surface area contributed by atoms with Gasteiger partial charge in [-0.2, -0.15) is 0 Å². The number of aromatic nitrogens is 1. The second-order valence-electron chi connectivity index (χ2n) is 5.03. The van der Waals surface area contributed by atoms with Crippen LogP contribution in [0, 0.1) is 0 Å². The minimum Gasteiger partial charge on any atom is -0.376 e. The van der Waals surface area contributed by atoms with Gasteiger partial charge >= 0.3 is 0 Å². The SMILES string of the molecule is O=C(CCc1cccnc1)NCCOC1CCNCC1. The Hall–Kier alpha value is -1.46. The van der Waals surface area contributed by atoms with Crippen molar-refractivity contribution in [2.24, 2.45) is 0 Å². The average Bonchev–Trinajstić information content (AvgIpc) is 2.52. The van der Waals surface area contributed by atoms with Crippen LogP contribution >= 0.6 is 0 Å². The molecular weight excluding hydrogens is 254 g/mol. The van der Waals surface area contributed by atoms with Gasteiger partial charge in [0, 0.05) is 25.4 Å². The lowest BCUT2D eigenvalue weighted by Crippen LogP contribution is -2.34. The molecule has 5 heteroatoms. The molecule has 0 bridgehead atoms. The predicted molar refractivity (Wildman–Crippen MR) is 77.4 cm³/mol. The summed E-state index contributed by atoms with van der Waals surface area (Å²) < 4.78 is 5.73. The topological polar surface area (TPSA) is 63.2 Å². The molecule has 0 radical (unpaired) electrons. The number of hydrogen-bond donors (Lipinski definition) is 2. The summed E-state index contributed by atoms with van der Waals surface area (Å²) in [7, 11) is 0. The van der Waals surface area contributed by atoms with E-state index in [9.17, 15) is 4.79 Å². The molecule has 2 N–H and O–H groups in total. The Morgan fingerprint density at radius 1 is 1.45 bits per heavy atom. The summed E-state index contributed by atoms with van der Waals surface area (Å²) in [5, 5.41) is 6.19. The van der Waals surface area contributed by atoms with E-state index in [0.29, 0.717) is 25.7 Å². The van der Waals surface area contributed by atoms with Crippen LogP contribution in [0.1, 0.15) is 24.8 Å². The molecule has 0 aliphatic carbocycles. The van der Waals surface area contributed by atoms with E-state index in [1.54, 1.807) is 12.4 Å². The van der Waals surface area contributed by atoms with E-state index in [4.69, 9.17) is 4.74 Å². The molecule has 2 heterocycles. The third-order valence-electron chi connectivity index (χ3n) is 3.43. The number of rotatable bonds is 7. The van der Waals surface area contributed by atoms with Crippen molar-refractivity contribution in [2.75, 3.05) is 26.2 Å². The molecule has 1 amide bonds. The first-order chi connectivity index (χ1) is 9.84.